The molecule has 1 aromatic rings. The van der Waals surface area contributed by atoms with Crippen LogP contribution in [0.25, 0.3) is 0 Å². The van der Waals surface area contributed by atoms with Crippen LogP contribution in [-0.2, 0) is 14.9 Å². The number of ether oxygens (including phenoxy) is 1. The monoisotopic (exact) mass is 293 g/mol. The highest BCUT2D eigenvalue weighted by Gasteiger charge is 2.54. The molecule has 4 heteroatoms. The number of morpholine rings is 1. The van der Waals surface area contributed by atoms with Crippen molar-refractivity contribution in [3.63, 3.8) is 0 Å². The van der Waals surface area contributed by atoms with Crippen molar-refractivity contribution in [3.05, 3.63) is 34.9 Å². The van der Waals surface area contributed by atoms with Gasteiger partial charge in [0.05, 0.1) is 24.2 Å². The summed E-state index contributed by atoms with van der Waals surface area (Å²) in [6, 6.07) is 7.87. The normalized spacial score (nSPS) is 28.2. The van der Waals surface area contributed by atoms with E-state index in [0.29, 0.717) is 18.2 Å². The fraction of sp³-hybridized carbons (Fsp3) is 0.562. The van der Waals surface area contributed by atoms with Crippen LogP contribution in [0.1, 0.15) is 32.3 Å². The molecule has 1 saturated heterocycles. The summed E-state index contributed by atoms with van der Waals surface area (Å²) in [5.74, 6) is 0.252. The van der Waals surface area contributed by atoms with E-state index in [-0.39, 0.29) is 23.5 Å². The van der Waals surface area contributed by atoms with Crippen molar-refractivity contribution in [1.82, 2.24) is 4.90 Å². The summed E-state index contributed by atoms with van der Waals surface area (Å²) < 4.78 is 5.61. The molecule has 3 nitrogen and oxygen atoms in total. The van der Waals surface area contributed by atoms with E-state index in [1.807, 2.05) is 36.1 Å². The lowest BCUT2D eigenvalue weighted by molar-refractivity contribution is -0.146. The van der Waals surface area contributed by atoms with Gasteiger partial charge >= 0.3 is 0 Å². The summed E-state index contributed by atoms with van der Waals surface area (Å²) in [6.07, 6.45) is 1.99. The van der Waals surface area contributed by atoms with Crippen molar-refractivity contribution in [2.24, 2.45) is 0 Å². The average molecular weight is 294 g/mol. The van der Waals surface area contributed by atoms with Crippen LogP contribution in [0, 0.1) is 0 Å². The van der Waals surface area contributed by atoms with Gasteiger partial charge in [0.1, 0.15) is 0 Å². The molecule has 108 valence electrons. The van der Waals surface area contributed by atoms with Crippen LogP contribution in [0.5, 0.6) is 0 Å². The number of amides is 1. The Hall–Kier alpha value is -1.06. The van der Waals surface area contributed by atoms with Gasteiger partial charge in [0.25, 0.3) is 0 Å². The highest BCUT2D eigenvalue weighted by molar-refractivity contribution is 6.30. The van der Waals surface area contributed by atoms with Crippen LogP contribution in [0.4, 0.5) is 0 Å². The Morgan fingerprint density at radius 3 is 2.55 bits per heavy atom. The van der Waals surface area contributed by atoms with E-state index in [2.05, 4.69) is 6.92 Å². The molecule has 2 fully saturated rings. The zero-order valence-electron chi connectivity index (χ0n) is 11.9. The van der Waals surface area contributed by atoms with Crippen molar-refractivity contribution in [2.45, 2.75) is 44.2 Å². The van der Waals surface area contributed by atoms with Gasteiger partial charge in [0, 0.05) is 11.6 Å². The third-order valence-electron chi connectivity index (χ3n) is 4.42. The zero-order chi connectivity index (χ0) is 14.3. The topological polar surface area (TPSA) is 29.5 Å². The molecule has 1 heterocycles. The van der Waals surface area contributed by atoms with Gasteiger partial charge in [0.15, 0.2) is 0 Å². The van der Waals surface area contributed by atoms with Crippen molar-refractivity contribution >= 4 is 17.5 Å². The number of carbonyl (C=O) groups is 1. The lowest BCUT2D eigenvalue weighted by atomic mass is 9.93. The first kappa shape index (κ1) is 13.9. The number of halogens is 1. The summed E-state index contributed by atoms with van der Waals surface area (Å²) >= 11 is 5.94. The van der Waals surface area contributed by atoms with Crippen LogP contribution in [0.2, 0.25) is 5.02 Å². The number of hydrogen-bond acceptors (Lipinski definition) is 2. The second kappa shape index (κ2) is 5.05. The van der Waals surface area contributed by atoms with E-state index in [1.165, 1.54) is 0 Å². The SMILES string of the molecule is CC1CN(C(=O)C2(c3ccc(Cl)cc3)CC2)C(C)CO1. The van der Waals surface area contributed by atoms with Gasteiger partial charge in [-0.1, -0.05) is 23.7 Å². The number of carbonyl (C=O) groups excluding carboxylic acids is 1. The van der Waals surface area contributed by atoms with Gasteiger partial charge in [-0.15, -0.1) is 0 Å². The van der Waals surface area contributed by atoms with Gasteiger partial charge in [0.2, 0.25) is 5.91 Å². The second-order valence-electron chi connectivity index (χ2n) is 6.04. The van der Waals surface area contributed by atoms with E-state index in [0.717, 1.165) is 18.4 Å². The quantitative estimate of drug-likeness (QED) is 0.839. The number of benzene rings is 1. The molecular formula is C16H20ClNO2. The van der Waals surface area contributed by atoms with Crippen LogP contribution in [0.3, 0.4) is 0 Å². The molecule has 1 aliphatic heterocycles. The third kappa shape index (κ3) is 2.33. The molecule has 1 saturated carbocycles. The molecule has 0 bridgehead atoms. The molecule has 0 N–H and O–H groups in total. The first-order valence-electron chi connectivity index (χ1n) is 7.22. The molecule has 2 unspecified atom stereocenters. The molecular weight excluding hydrogens is 274 g/mol. The van der Waals surface area contributed by atoms with Gasteiger partial charge in [-0.25, -0.2) is 0 Å². The molecule has 20 heavy (non-hydrogen) atoms. The molecule has 3 rings (SSSR count). The van der Waals surface area contributed by atoms with E-state index in [4.69, 9.17) is 16.3 Å². The van der Waals surface area contributed by atoms with Crippen LogP contribution < -0.4 is 0 Å². The smallest absolute Gasteiger partial charge is 0.233 e. The van der Waals surface area contributed by atoms with Crippen molar-refractivity contribution in [1.29, 1.82) is 0 Å². The Kier molecular flexibility index (Phi) is 3.51. The first-order valence-corrected chi connectivity index (χ1v) is 7.59. The summed E-state index contributed by atoms with van der Waals surface area (Å²) in [6.45, 7) is 5.40. The van der Waals surface area contributed by atoms with Crippen LogP contribution in [-0.4, -0.2) is 36.1 Å². The van der Waals surface area contributed by atoms with Crippen LogP contribution >= 0.6 is 11.6 Å². The van der Waals surface area contributed by atoms with Crippen molar-refractivity contribution in [2.75, 3.05) is 13.2 Å². The maximum atomic E-state index is 13.0. The fourth-order valence-electron chi connectivity index (χ4n) is 2.98. The Balaban J connectivity index is 1.84. The molecule has 0 aromatic heterocycles. The zero-order valence-corrected chi connectivity index (χ0v) is 12.7. The van der Waals surface area contributed by atoms with Crippen molar-refractivity contribution < 1.29 is 9.53 Å². The summed E-state index contributed by atoms with van der Waals surface area (Å²) in [4.78, 5) is 15.0. The molecule has 2 atom stereocenters. The van der Waals surface area contributed by atoms with Crippen molar-refractivity contribution in [3.8, 4) is 0 Å². The Bertz CT molecular complexity index is 510. The average Bonchev–Trinajstić information content (AvgIpc) is 3.23. The second-order valence-corrected chi connectivity index (χ2v) is 6.48. The number of nitrogens with zero attached hydrogens (tertiary/aromatic N) is 1. The number of rotatable bonds is 2. The highest BCUT2D eigenvalue weighted by Crippen LogP contribution is 2.50. The molecule has 0 spiro atoms. The predicted molar refractivity (Wildman–Crippen MR) is 79.0 cm³/mol. The minimum Gasteiger partial charge on any atom is -0.375 e. The van der Waals surface area contributed by atoms with Gasteiger partial charge in [-0.2, -0.15) is 0 Å². The lowest BCUT2D eigenvalue weighted by Crippen LogP contribution is -2.53. The van der Waals surface area contributed by atoms with Gasteiger partial charge in [-0.3, -0.25) is 4.79 Å². The predicted octanol–water partition coefficient (Wildman–Crippen LogP) is 3.01. The highest BCUT2D eigenvalue weighted by atomic mass is 35.5. The first-order chi connectivity index (χ1) is 9.53. The Morgan fingerprint density at radius 1 is 1.30 bits per heavy atom. The minimum absolute atomic E-state index is 0.121. The number of hydrogen-bond donors (Lipinski definition) is 0. The third-order valence-corrected chi connectivity index (χ3v) is 4.68. The molecule has 1 amide bonds. The summed E-state index contributed by atoms with van der Waals surface area (Å²) in [5, 5.41) is 0.713. The summed E-state index contributed by atoms with van der Waals surface area (Å²) in [5.41, 5.74) is 0.786. The van der Waals surface area contributed by atoms with E-state index < -0.39 is 0 Å². The maximum Gasteiger partial charge on any atom is 0.233 e. The Labute approximate surface area is 124 Å². The van der Waals surface area contributed by atoms with Gasteiger partial charge < -0.3 is 9.64 Å². The Morgan fingerprint density at radius 2 is 1.95 bits per heavy atom. The standard InChI is InChI=1S/C16H20ClNO2/c1-11-10-20-12(2)9-18(11)15(19)16(7-8-16)13-3-5-14(17)6-4-13/h3-6,11-12H,7-10H2,1-2H3. The molecule has 1 aromatic carbocycles. The lowest BCUT2D eigenvalue weighted by Gasteiger charge is -2.39. The summed E-state index contributed by atoms with van der Waals surface area (Å²) in [7, 11) is 0. The van der Waals surface area contributed by atoms with Crippen LogP contribution in [0.15, 0.2) is 24.3 Å². The van der Waals surface area contributed by atoms with Gasteiger partial charge in [-0.05, 0) is 44.4 Å². The fourth-order valence-corrected chi connectivity index (χ4v) is 3.11. The van der Waals surface area contributed by atoms with E-state index in [1.54, 1.807) is 0 Å². The maximum absolute atomic E-state index is 13.0. The molecule has 0 radical (unpaired) electrons. The van der Waals surface area contributed by atoms with E-state index >= 15 is 0 Å². The molecule has 2 aliphatic rings. The minimum atomic E-state index is -0.310. The largest absolute Gasteiger partial charge is 0.375 e. The molecule has 1 aliphatic carbocycles. The van der Waals surface area contributed by atoms with E-state index in [9.17, 15) is 4.79 Å².